The number of ketones is 1. The molecular formula is C15H21O5P. The molecule has 0 N–H and O–H groups in total. The molecule has 0 radical (unpaired) electrons. The summed E-state index contributed by atoms with van der Waals surface area (Å²) in [7, 11) is -2.02. The molecule has 0 amide bonds. The van der Waals surface area contributed by atoms with E-state index in [9.17, 15) is 9.36 Å². The molecule has 0 aliphatic rings. The molecule has 0 aliphatic carbocycles. The summed E-state index contributed by atoms with van der Waals surface area (Å²) in [6, 6.07) is 7.06. The first kappa shape index (κ1) is 17.6. The highest BCUT2D eigenvalue weighted by Crippen LogP contribution is 2.56. The Bertz CT molecular complexity index is 538. The first-order valence-electron chi connectivity index (χ1n) is 6.73. The lowest BCUT2D eigenvalue weighted by molar-refractivity contribution is -0.113. The molecule has 0 saturated heterocycles. The van der Waals surface area contributed by atoms with Crippen molar-refractivity contribution in [2.24, 2.45) is 0 Å². The molecule has 0 spiro atoms. The van der Waals surface area contributed by atoms with E-state index in [-0.39, 0.29) is 24.3 Å². The van der Waals surface area contributed by atoms with Crippen LogP contribution in [0.25, 0.3) is 6.08 Å². The van der Waals surface area contributed by atoms with Crippen molar-refractivity contribution in [1.82, 2.24) is 0 Å². The van der Waals surface area contributed by atoms with Crippen molar-refractivity contribution >= 4 is 19.5 Å². The number of benzene rings is 1. The molecule has 21 heavy (non-hydrogen) atoms. The van der Waals surface area contributed by atoms with Crippen LogP contribution in [0.1, 0.15) is 26.3 Å². The minimum atomic E-state index is -3.59. The van der Waals surface area contributed by atoms with Gasteiger partial charge in [-0.1, -0.05) is 12.1 Å². The van der Waals surface area contributed by atoms with Crippen molar-refractivity contribution in [2.45, 2.75) is 20.8 Å². The number of rotatable bonds is 8. The van der Waals surface area contributed by atoms with Crippen LogP contribution in [0.15, 0.2) is 29.6 Å². The maximum absolute atomic E-state index is 12.7. The molecular weight excluding hydrogens is 291 g/mol. The maximum atomic E-state index is 12.7. The Labute approximate surface area is 125 Å². The molecule has 1 rings (SSSR count). The van der Waals surface area contributed by atoms with Gasteiger partial charge in [0.15, 0.2) is 5.78 Å². The summed E-state index contributed by atoms with van der Waals surface area (Å²) in [5.74, 6) is 0.366. The zero-order chi connectivity index (χ0) is 15.9. The number of allylic oxidation sites excluding steroid dienone is 1. The van der Waals surface area contributed by atoms with Gasteiger partial charge in [0.2, 0.25) is 0 Å². The van der Waals surface area contributed by atoms with Gasteiger partial charge in [0.05, 0.1) is 20.3 Å². The van der Waals surface area contributed by atoms with Crippen molar-refractivity contribution in [2.75, 3.05) is 20.3 Å². The fraction of sp³-hybridized carbons (Fsp3) is 0.400. The molecule has 0 saturated carbocycles. The van der Waals surface area contributed by atoms with Crippen LogP contribution in [0.5, 0.6) is 5.75 Å². The van der Waals surface area contributed by atoms with E-state index in [0.29, 0.717) is 5.75 Å². The standard InChI is InChI=1S/C15H21O5P/c1-5-19-21(17,20-6-2)15(12(3)16)11-13-7-9-14(18-4)10-8-13/h7-11H,5-6H2,1-4H3. The number of carbonyl (C=O) groups excluding carboxylic acids is 1. The van der Waals surface area contributed by atoms with Gasteiger partial charge < -0.3 is 13.8 Å². The van der Waals surface area contributed by atoms with Crippen LogP contribution in [0.3, 0.4) is 0 Å². The lowest BCUT2D eigenvalue weighted by Crippen LogP contribution is -2.05. The summed E-state index contributed by atoms with van der Waals surface area (Å²) in [5.41, 5.74) is 0.723. The highest BCUT2D eigenvalue weighted by atomic mass is 31.2. The molecule has 0 bridgehead atoms. The molecule has 116 valence electrons. The SMILES string of the molecule is CCOP(=O)(OCC)C(=Cc1ccc(OC)cc1)C(C)=O. The molecule has 1 aromatic carbocycles. The van der Waals surface area contributed by atoms with Crippen LogP contribution in [-0.4, -0.2) is 26.1 Å². The Hall–Kier alpha value is -1.42. The smallest absolute Gasteiger partial charge is 0.364 e. The first-order chi connectivity index (χ1) is 9.96. The zero-order valence-corrected chi connectivity index (χ0v) is 13.7. The number of ether oxygens (including phenoxy) is 1. The van der Waals surface area contributed by atoms with Crippen LogP contribution in [0, 0.1) is 0 Å². The summed E-state index contributed by atoms with van der Waals surface area (Å²) in [5, 5.41) is 0.0522. The van der Waals surface area contributed by atoms with Crippen molar-refractivity contribution in [3.63, 3.8) is 0 Å². The summed E-state index contributed by atoms with van der Waals surface area (Å²) in [6.07, 6.45) is 1.54. The highest BCUT2D eigenvalue weighted by Gasteiger charge is 2.32. The third-order valence-corrected chi connectivity index (χ3v) is 4.90. The Morgan fingerprint density at radius 3 is 2.05 bits per heavy atom. The van der Waals surface area contributed by atoms with Gasteiger partial charge in [-0.3, -0.25) is 9.36 Å². The number of hydrogen-bond acceptors (Lipinski definition) is 5. The van der Waals surface area contributed by atoms with Gasteiger partial charge >= 0.3 is 7.60 Å². The molecule has 0 atom stereocenters. The second-order valence-electron chi connectivity index (χ2n) is 4.19. The fourth-order valence-corrected chi connectivity index (χ4v) is 3.47. The average Bonchev–Trinajstić information content (AvgIpc) is 2.45. The Morgan fingerprint density at radius 1 is 1.14 bits per heavy atom. The zero-order valence-electron chi connectivity index (χ0n) is 12.8. The lowest BCUT2D eigenvalue weighted by atomic mass is 10.2. The van der Waals surface area contributed by atoms with Crippen molar-refractivity contribution in [3.05, 3.63) is 35.1 Å². The van der Waals surface area contributed by atoms with Crippen molar-refractivity contribution in [3.8, 4) is 5.75 Å². The van der Waals surface area contributed by atoms with E-state index in [1.54, 1.807) is 45.2 Å². The summed E-state index contributed by atoms with van der Waals surface area (Å²) >= 11 is 0. The van der Waals surface area contributed by atoms with E-state index in [2.05, 4.69) is 0 Å². The average molecular weight is 312 g/mol. The Kier molecular flexibility index (Phi) is 6.82. The minimum Gasteiger partial charge on any atom is -0.497 e. The van der Waals surface area contributed by atoms with Gasteiger partial charge in [-0.15, -0.1) is 0 Å². The van der Waals surface area contributed by atoms with E-state index >= 15 is 0 Å². The second-order valence-corrected chi connectivity index (χ2v) is 6.19. The molecule has 0 heterocycles. The van der Waals surface area contributed by atoms with E-state index < -0.39 is 7.60 Å². The normalized spacial score (nSPS) is 12.3. The van der Waals surface area contributed by atoms with E-state index in [4.69, 9.17) is 13.8 Å². The molecule has 0 fully saturated rings. The van der Waals surface area contributed by atoms with Crippen molar-refractivity contribution in [1.29, 1.82) is 0 Å². The van der Waals surface area contributed by atoms with Crippen LogP contribution in [0.2, 0.25) is 0 Å². The molecule has 6 heteroatoms. The molecule has 0 unspecified atom stereocenters. The van der Waals surface area contributed by atoms with Crippen LogP contribution < -0.4 is 4.74 Å². The third-order valence-electron chi connectivity index (χ3n) is 2.67. The van der Waals surface area contributed by atoms with Gasteiger partial charge in [-0.25, -0.2) is 0 Å². The Balaban J connectivity index is 3.22. The van der Waals surface area contributed by atoms with E-state index in [1.807, 2.05) is 0 Å². The van der Waals surface area contributed by atoms with Gasteiger partial charge in [-0.05, 0) is 44.5 Å². The number of methoxy groups -OCH3 is 1. The molecule has 0 aromatic heterocycles. The van der Waals surface area contributed by atoms with Gasteiger partial charge in [0.1, 0.15) is 11.1 Å². The molecule has 1 aromatic rings. The monoisotopic (exact) mass is 312 g/mol. The maximum Gasteiger partial charge on any atom is 0.364 e. The largest absolute Gasteiger partial charge is 0.497 e. The quantitative estimate of drug-likeness (QED) is 0.538. The topological polar surface area (TPSA) is 61.8 Å². The number of carbonyl (C=O) groups is 1. The lowest BCUT2D eigenvalue weighted by Gasteiger charge is -2.18. The Morgan fingerprint density at radius 2 is 1.67 bits per heavy atom. The van der Waals surface area contributed by atoms with Gasteiger partial charge in [0.25, 0.3) is 0 Å². The molecule has 0 aliphatic heterocycles. The van der Waals surface area contributed by atoms with E-state index in [1.165, 1.54) is 13.0 Å². The summed E-state index contributed by atoms with van der Waals surface area (Å²) in [6.45, 7) is 5.16. The summed E-state index contributed by atoms with van der Waals surface area (Å²) < 4.78 is 28.3. The predicted molar refractivity (Wildman–Crippen MR) is 82.5 cm³/mol. The summed E-state index contributed by atoms with van der Waals surface area (Å²) in [4.78, 5) is 11.8. The van der Waals surface area contributed by atoms with Crippen LogP contribution in [-0.2, 0) is 18.4 Å². The molecule has 5 nitrogen and oxygen atoms in total. The number of hydrogen-bond donors (Lipinski definition) is 0. The highest BCUT2D eigenvalue weighted by molar-refractivity contribution is 7.60. The second kappa shape index (κ2) is 8.13. The van der Waals surface area contributed by atoms with E-state index in [0.717, 1.165) is 5.56 Å². The predicted octanol–water partition coefficient (Wildman–Crippen LogP) is 3.89. The minimum absolute atomic E-state index is 0.0522. The third kappa shape index (κ3) is 4.81. The number of Topliss-reactive ketones (excluding diaryl/α,β-unsaturated/α-hetero) is 1. The van der Waals surface area contributed by atoms with Gasteiger partial charge in [-0.2, -0.15) is 0 Å². The first-order valence-corrected chi connectivity index (χ1v) is 8.27. The van der Waals surface area contributed by atoms with Crippen molar-refractivity contribution < 1.29 is 23.1 Å². The van der Waals surface area contributed by atoms with Crippen LogP contribution >= 0.6 is 7.60 Å². The van der Waals surface area contributed by atoms with Crippen LogP contribution in [0.4, 0.5) is 0 Å². The van der Waals surface area contributed by atoms with Gasteiger partial charge in [0, 0.05) is 0 Å². The fourth-order valence-electron chi connectivity index (χ4n) is 1.75.